The van der Waals surface area contributed by atoms with Crippen molar-refractivity contribution in [1.29, 1.82) is 0 Å². The van der Waals surface area contributed by atoms with Crippen LogP contribution in [0.15, 0.2) is 48.5 Å². The first-order chi connectivity index (χ1) is 13.0. The Labute approximate surface area is 165 Å². The lowest BCUT2D eigenvalue weighted by atomic mass is 10.2. The van der Waals surface area contributed by atoms with Crippen LogP contribution in [0.25, 0.3) is 0 Å². The van der Waals surface area contributed by atoms with Gasteiger partial charge in [-0.3, -0.25) is 0 Å². The number of ether oxygens (including phenoxy) is 1. The van der Waals surface area contributed by atoms with Crippen LogP contribution in [-0.4, -0.2) is 43.2 Å². The van der Waals surface area contributed by atoms with Crippen molar-refractivity contribution in [2.75, 3.05) is 31.1 Å². The van der Waals surface area contributed by atoms with Gasteiger partial charge in [0.25, 0.3) is 0 Å². The van der Waals surface area contributed by atoms with Gasteiger partial charge in [0.2, 0.25) is 0 Å². The zero-order valence-corrected chi connectivity index (χ0v) is 16.6. The summed E-state index contributed by atoms with van der Waals surface area (Å²) in [6.45, 7) is 7.38. The lowest BCUT2D eigenvalue weighted by Crippen LogP contribution is -2.51. The highest BCUT2D eigenvalue weighted by molar-refractivity contribution is 6.31. The number of nitrogens with zero attached hydrogens (tertiary/aromatic N) is 2. The summed E-state index contributed by atoms with van der Waals surface area (Å²) in [6.07, 6.45) is 0.128. The van der Waals surface area contributed by atoms with E-state index in [0.29, 0.717) is 24.7 Å². The number of nitrogens with one attached hydrogen (secondary N) is 1. The third kappa shape index (κ3) is 5.07. The molecule has 1 aliphatic rings. The van der Waals surface area contributed by atoms with E-state index in [1.54, 1.807) is 0 Å². The second-order valence-corrected chi connectivity index (χ2v) is 7.27. The van der Waals surface area contributed by atoms with E-state index in [4.69, 9.17) is 16.3 Å². The molecule has 0 saturated carbocycles. The van der Waals surface area contributed by atoms with E-state index in [2.05, 4.69) is 16.3 Å². The average Bonchev–Trinajstić information content (AvgIpc) is 2.67. The van der Waals surface area contributed by atoms with Crippen LogP contribution in [-0.2, 0) is 6.54 Å². The third-order valence-corrected chi connectivity index (χ3v) is 4.89. The molecule has 1 saturated heterocycles. The number of benzene rings is 2. The van der Waals surface area contributed by atoms with E-state index >= 15 is 0 Å². The van der Waals surface area contributed by atoms with Crippen LogP contribution in [0.2, 0.25) is 5.02 Å². The van der Waals surface area contributed by atoms with Crippen LogP contribution < -0.4 is 15.0 Å². The van der Waals surface area contributed by atoms with Gasteiger partial charge in [-0.15, -0.1) is 0 Å². The maximum Gasteiger partial charge on any atom is 0.317 e. The van der Waals surface area contributed by atoms with Gasteiger partial charge in [-0.25, -0.2) is 4.79 Å². The summed E-state index contributed by atoms with van der Waals surface area (Å²) in [5.74, 6) is 0.893. The molecule has 0 unspecified atom stereocenters. The molecule has 2 amide bonds. The normalized spacial score (nSPS) is 14.4. The van der Waals surface area contributed by atoms with Crippen molar-refractivity contribution in [3.8, 4) is 5.75 Å². The highest BCUT2D eigenvalue weighted by Crippen LogP contribution is 2.29. The number of anilines is 1. The first-order valence-corrected chi connectivity index (χ1v) is 9.69. The number of rotatable bonds is 5. The highest BCUT2D eigenvalue weighted by atomic mass is 35.5. The van der Waals surface area contributed by atoms with E-state index in [0.717, 1.165) is 30.1 Å². The molecule has 6 heteroatoms. The van der Waals surface area contributed by atoms with Gasteiger partial charge < -0.3 is 19.9 Å². The quantitative estimate of drug-likeness (QED) is 0.837. The molecule has 5 nitrogen and oxygen atoms in total. The fourth-order valence-electron chi connectivity index (χ4n) is 3.15. The first kappa shape index (κ1) is 19.4. The topological polar surface area (TPSA) is 44.8 Å². The highest BCUT2D eigenvalue weighted by Gasteiger charge is 2.23. The Balaban J connectivity index is 1.54. The first-order valence-electron chi connectivity index (χ1n) is 9.31. The second-order valence-electron chi connectivity index (χ2n) is 6.86. The van der Waals surface area contributed by atoms with E-state index in [1.165, 1.54) is 0 Å². The number of para-hydroxylation sites is 2. The molecular weight excluding hydrogens is 362 g/mol. The van der Waals surface area contributed by atoms with Crippen molar-refractivity contribution >= 4 is 23.3 Å². The summed E-state index contributed by atoms with van der Waals surface area (Å²) in [6, 6.07) is 15.6. The zero-order chi connectivity index (χ0) is 19.2. The molecule has 2 aromatic rings. The fourth-order valence-corrected chi connectivity index (χ4v) is 3.35. The average molecular weight is 388 g/mol. The van der Waals surface area contributed by atoms with Crippen molar-refractivity contribution < 1.29 is 9.53 Å². The number of carbonyl (C=O) groups excluding carboxylic acids is 1. The Morgan fingerprint density at radius 1 is 1.07 bits per heavy atom. The van der Waals surface area contributed by atoms with E-state index < -0.39 is 0 Å². The molecule has 1 fully saturated rings. The lowest BCUT2D eigenvalue weighted by Gasteiger charge is -2.36. The standard InChI is InChI=1S/C21H26ClN3O2/c1-16(2)27-20-10-6-5-9-19(20)24-11-13-25(14-12-24)21(26)23-15-17-7-3-4-8-18(17)22/h3-10,16H,11-15H2,1-2H3,(H,23,26). The summed E-state index contributed by atoms with van der Waals surface area (Å²) in [4.78, 5) is 16.6. The van der Waals surface area contributed by atoms with E-state index in [1.807, 2.05) is 61.2 Å². The zero-order valence-electron chi connectivity index (χ0n) is 15.8. The van der Waals surface area contributed by atoms with Crippen LogP contribution in [0.1, 0.15) is 19.4 Å². The predicted molar refractivity (Wildman–Crippen MR) is 110 cm³/mol. The summed E-state index contributed by atoms with van der Waals surface area (Å²) >= 11 is 6.15. The molecular formula is C21H26ClN3O2. The van der Waals surface area contributed by atoms with Gasteiger partial charge in [-0.05, 0) is 37.6 Å². The number of urea groups is 1. The molecule has 0 atom stereocenters. The number of amides is 2. The molecule has 3 rings (SSSR count). The summed E-state index contributed by atoms with van der Waals surface area (Å²) in [5.41, 5.74) is 2.01. The Morgan fingerprint density at radius 2 is 1.74 bits per heavy atom. The maximum atomic E-state index is 12.5. The largest absolute Gasteiger partial charge is 0.489 e. The lowest BCUT2D eigenvalue weighted by molar-refractivity contribution is 0.193. The van der Waals surface area contributed by atoms with Crippen LogP contribution in [0.5, 0.6) is 5.75 Å². The molecule has 0 spiro atoms. The van der Waals surface area contributed by atoms with Crippen molar-refractivity contribution in [2.45, 2.75) is 26.5 Å². The van der Waals surface area contributed by atoms with E-state index in [9.17, 15) is 4.79 Å². The van der Waals surface area contributed by atoms with Crippen molar-refractivity contribution in [3.63, 3.8) is 0 Å². The van der Waals surface area contributed by atoms with Gasteiger partial charge in [0, 0.05) is 37.7 Å². The van der Waals surface area contributed by atoms with Gasteiger partial charge >= 0.3 is 6.03 Å². The minimum Gasteiger partial charge on any atom is -0.489 e. The van der Waals surface area contributed by atoms with E-state index in [-0.39, 0.29) is 12.1 Å². The molecule has 1 N–H and O–H groups in total. The number of hydrogen-bond donors (Lipinski definition) is 1. The maximum absolute atomic E-state index is 12.5. The monoisotopic (exact) mass is 387 g/mol. The molecule has 0 aromatic heterocycles. The molecule has 2 aromatic carbocycles. The van der Waals surface area contributed by atoms with Gasteiger partial charge in [0.05, 0.1) is 11.8 Å². The van der Waals surface area contributed by atoms with Gasteiger partial charge in [-0.1, -0.05) is 41.9 Å². The van der Waals surface area contributed by atoms with Crippen LogP contribution in [0.3, 0.4) is 0 Å². The number of halogens is 1. The minimum absolute atomic E-state index is 0.0544. The van der Waals surface area contributed by atoms with Crippen LogP contribution in [0.4, 0.5) is 10.5 Å². The number of piperazine rings is 1. The SMILES string of the molecule is CC(C)Oc1ccccc1N1CCN(C(=O)NCc2ccccc2Cl)CC1. The number of carbonyl (C=O) groups is 1. The summed E-state index contributed by atoms with van der Waals surface area (Å²) in [5, 5.41) is 3.63. The molecule has 0 radical (unpaired) electrons. The molecule has 1 heterocycles. The fraction of sp³-hybridized carbons (Fsp3) is 0.381. The van der Waals surface area contributed by atoms with Gasteiger partial charge in [0.15, 0.2) is 0 Å². The summed E-state index contributed by atoms with van der Waals surface area (Å²) in [7, 11) is 0. The molecule has 144 valence electrons. The predicted octanol–water partition coefficient (Wildman–Crippen LogP) is 4.16. The van der Waals surface area contributed by atoms with Crippen LogP contribution in [0, 0.1) is 0 Å². The molecule has 27 heavy (non-hydrogen) atoms. The Bertz CT molecular complexity index is 774. The smallest absolute Gasteiger partial charge is 0.317 e. The van der Waals surface area contributed by atoms with Gasteiger partial charge in [0.1, 0.15) is 5.75 Å². The van der Waals surface area contributed by atoms with Gasteiger partial charge in [-0.2, -0.15) is 0 Å². The number of hydrogen-bond acceptors (Lipinski definition) is 3. The molecule has 0 aliphatic carbocycles. The summed E-state index contributed by atoms with van der Waals surface area (Å²) < 4.78 is 5.92. The Hall–Kier alpha value is -2.40. The molecule has 0 bridgehead atoms. The van der Waals surface area contributed by atoms with Crippen molar-refractivity contribution in [2.24, 2.45) is 0 Å². The Kier molecular flexibility index (Phi) is 6.45. The third-order valence-electron chi connectivity index (χ3n) is 4.52. The van der Waals surface area contributed by atoms with Crippen LogP contribution >= 0.6 is 11.6 Å². The van der Waals surface area contributed by atoms with Crippen molar-refractivity contribution in [3.05, 3.63) is 59.1 Å². The second kappa shape index (κ2) is 9.00. The van der Waals surface area contributed by atoms with Crippen molar-refractivity contribution in [1.82, 2.24) is 10.2 Å². The molecule has 1 aliphatic heterocycles. The minimum atomic E-state index is -0.0544. The Morgan fingerprint density at radius 3 is 2.44 bits per heavy atom.